The van der Waals surface area contributed by atoms with Crippen LogP contribution in [0.5, 0.6) is 0 Å². The van der Waals surface area contributed by atoms with Crippen molar-refractivity contribution in [3.8, 4) is 0 Å². The van der Waals surface area contributed by atoms with Crippen LogP contribution in [0, 0.1) is 0 Å². The highest BCUT2D eigenvalue weighted by Crippen LogP contribution is 2.29. The fraction of sp³-hybridized carbons (Fsp3) is 0.125. The number of carbonyl (C=O) groups is 2. The normalized spacial score (nSPS) is 14.5. The van der Waals surface area contributed by atoms with Gasteiger partial charge in [0, 0.05) is 16.1 Å². The zero-order valence-electron chi connectivity index (χ0n) is 11.5. The van der Waals surface area contributed by atoms with Crippen molar-refractivity contribution in [2.45, 2.75) is 0 Å². The van der Waals surface area contributed by atoms with Crippen LogP contribution in [0.1, 0.15) is 15.9 Å². The minimum absolute atomic E-state index is 0.0875. The van der Waals surface area contributed by atoms with Gasteiger partial charge in [-0.25, -0.2) is 0 Å². The minimum Gasteiger partial charge on any atom is -0.297 e. The molecule has 2 aromatic rings. The second kappa shape index (κ2) is 6.08. The molecule has 0 spiro atoms. The Morgan fingerprint density at radius 2 is 1.86 bits per heavy atom. The average Bonchev–Trinajstić information content (AvgIpc) is 2.93. The molecule has 3 rings (SSSR count). The van der Waals surface area contributed by atoms with Gasteiger partial charge in [0.1, 0.15) is 0 Å². The number of carbonyl (C=O) groups excluding carboxylic acids is 2. The SMILES string of the molecule is O=C(c1ccccc1Cl)c1cc(Cl)ccc1N1CNCC1=O. The van der Waals surface area contributed by atoms with Crippen LogP contribution in [0.15, 0.2) is 42.5 Å². The Morgan fingerprint density at radius 3 is 2.55 bits per heavy atom. The van der Waals surface area contributed by atoms with Gasteiger partial charge in [0.25, 0.3) is 0 Å². The minimum atomic E-state index is -0.261. The first-order valence-corrected chi connectivity index (χ1v) is 7.43. The van der Waals surface area contributed by atoms with E-state index in [1.807, 2.05) is 0 Å². The Labute approximate surface area is 137 Å². The summed E-state index contributed by atoms with van der Waals surface area (Å²) in [7, 11) is 0. The third-order valence-electron chi connectivity index (χ3n) is 3.46. The molecule has 1 aliphatic rings. The number of nitrogens with one attached hydrogen (secondary N) is 1. The van der Waals surface area contributed by atoms with Crippen molar-refractivity contribution >= 4 is 40.6 Å². The van der Waals surface area contributed by atoms with Gasteiger partial charge in [0.2, 0.25) is 5.91 Å². The largest absolute Gasteiger partial charge is 0.297 e. The van der Waals surface area contributed by atoms with Crippen LogP contribution >= 0.6 is 23.2 Å². The smallest absolute Gasteiger partial charge is 0.242 e. The molecule has 1 fully saturated rings. The number of hydrogen-bond acceptors (Lipinski definition) is 3. The van der Waals surface area contributed by atoms with Crippen LogP contribution in [-0.2, 0) is 4.79 Å². The number of halogens is 2. The molecule has 0 unspecified atom stereocenters. The predicted molar refractivity (Wildman–Crippen MR) is 86.7 cm³/mol. The molecule has 112 valence electrons. The van der Waals surface area contributed by atoms with Gasteiger partial charge in [-0.1, -0.05) is 35.3 Å². The first kappa shape index (κ1) is 15.0. The van der Waals surface area contributed by atoms with Crippen LogP contribution in [0.3, 0.4) is 0 Å². The lowest BCUT2D eigenvalue weighted by Crippen LogP contribution is -2.27. The second-order valence-electron chi connectivity index (χ2n) is 4.88. The van der Waals surface area contributed by atoms with E-state index in [0.717, 1.165) is 0 Å². The number of hydrogen-bond donors (Lipinski definition) is 1. The van der Waals surface area contributed by atoms with Crippen molar-refractivity contribution in [3.63, 3.8) is 0 Å². The highest BCUT2D eigenvalue weighted by atomic mass is 35.5. The summed E-state index contributed by atoms with van der Waals surface area (Å²) < 4.78 is 0. The molecule has 0 saturated carbocycles. The number of rotatable bonds is 3. The molecule has 4 nitrogen and oxygen atoms in total. The van der Waals surface area contributed by atoms with E-state index in [4.69, 9.17) is 23.2 Å². The zero-order valence-corrected chi connectivity index (χ0v) is 13.0. The maximum atomic E-state index is 12.8. The van der Waals surface area contributed by atoms with Gasteiger partial charge in [-0.05, 0) is 30.3 Å². The molecule has 0 atom stereocenters. The third-order valence-corrected chi connectivity index (χ3v) is 4.02. The topological polar surface area (TPSA) is 49.4 Å². The predicted octanol–water partition coefficient (Wildman–Crippen LogP) is 3.12. The number of nitrogens with zero attached hydrogens (tertiary/aromatic N) is 1. The molecule has 1 heterocycles. The average molecular weight is 335 g/mol. The molecule has 0 aromatic heterocycles. The van der Waals surface area contributed by atoms with E-state index < -0.39 is 0 Å². The standard InChI is InChI=1S/C16H12Cl2N2O2/c17-10-5-6-14(20-9-19-8-15(20)21)12(7-10)16(22)11-3-1-2-4-13(11)18/h1-7,19H,8-9H2. The number of benzene rings is 2. The maximum Gasteiger partial charge on any atom is 0.242 e. The lowest BCUT2D eigenvalue weighted by Gasteiger charge is -2.19. The van der Waals surface area contributed by atoms with E-state index in [0.29, 0.717) is 33.5 Å². The summed E-state index contributed by atoms with van der Waals surface area (Å²) in [5.74, 6) is -0.349. The van der Waals surface area contributed by atoms with Gasteiger partial charge in [-0.3, -0.25) is 19.8 Å². The van der Waals surface area contributed by atoms with E-state index in [2.05, 4.69) is 5.32 Å². The summed E-state index contributed by atoms with van der Waals surface area (Å²) in [6.45, 7) is 0.617. The van der Waals surface area contributed by atoms with Crippen LogP contribution in [0.25, 0.3) is 0 Å². The van der Waals surface area contributed by atoms with Crippen LogP contribution in [0.2, 0.25) is 10.0 Å². The first-order valence-electron chi connectivity index (χ1n) is 6.68. The number of ketones is 1. The van der Waals surface area contributed by atoms with E-state index >= 15 is 0 Å². The molecule has 1 N–H and O–H groups in total. The Kier molecular flexibility index (Phi) is 4.16. The molecule has 1 amide bonds. The van der Waals surface area contributed by atoms with E-state index in [1.54, 1.807) is 42.5 Å². The fourth-order valence-electron chi connectivity index (χ4n) is 2.39. The van der Waals surface area contributed by atoms with Crippen molar-refractivity contribution in [2.75, 3.05) is 18.1 Å². The summed E-state index contributed by atoms with van der Waals surface area (Å²) in [5.41, 5.74) is 1.27. The van der Waals surface area contributed by atoms with Crippen LogP contribution in [-0.4, -0.2) is 24.9 Å². The zero-order chi connectivity index (χ0) is 15.7. The number of anilines is 1. The Morgan fingerprint density at radius 1 is 1.09 bits per heavy atom. The van der Waals surface area contributed by atoms with Gasteiger partial charge in [0.05, 0.1) is 23.9 Å². The van der Waals surface area contributed by atoms with Crippen molar-refractivity contribution in [3.05, 3.63) is 63.6 Å². The second-order valence-corrected chi connectivity index (χ2v) is 5.72. The van der Waals surface area contributed by atoms with Gasteiger partial charge < -0.3 is 0 Å². The molecular weight excluding hydrogens is 323 g/mol. The summed E-state index contributed by atoms with van der Waals surface area (Å²) in [6, 6.07) is 11.7. The van der Waals surface area contributed by atoms with Gasteiger partial charge >= 0.3 is 0 Å². The fourth-order valence-corrected chi connectivity index (χ4v) is 2.79. The lowest BCUT2D eigenvalue weighted by molar-refractivity contribution is -0.116. The summed E-state index contributed by atoms with van der Waals surface area (Å²) in [5, 5.41) is 3.75. The Bertz CT molecular complexity index is 762. The molecule has 1 aliphatic heterocycles. The molecule has 2 aromatic carbocycles. The molecule has 1 saturated heterocycles. The first-order chi connectivity index (χ1) is 10.6. The quantitative estimate of drug-likeness (QED) is 0.877. The van der Waals surface area contributed by atoms with E-state index in [-0.39, 0.29) is 18.2 Å². The van der Waals surface area contributed by atoms with Gasteiger partial charge in [-0.15, -0.1) is 0 Å². The third kappa shape index (κ3) is 2.73. The van der Waals surface area contributed by atoms with Crippen LogP contribution < -0.4 is 10.2 Å². The molecule has 6 heteroatoms. The number of amides is 1. The monoisotopic (exact) mass is 334 g/mol. The van der Waals surface area contributed by atoms with Crippen molar-refractivity contribution in [1.82, 2.24) is 5.32 Å². The molecule has 0 bridgehead atoms. The van der Waals surface area contributed by atoms with Crippen molar-refractivity contribution < 1.29 is 9.59 Å². The van der Waals surface area contributed by atoms with E-state index in [9.17, 15) is 9.59 Å². The summed E-state index contributed by atoms with van der Waals surface area (Å²) in [6.07, 6.45) is 0. The lowest BCUT2D eigenvalue weighted by atomic mass is 10.0. The summed E-state index contributed by atoms with van der Waals surface area (Å²) in [4.78, 5) is 26.3. The molecule has 22 heavy (non-hydrogen) atoms. The van der Waals surface area contributed by atoms with Crippen LogP contribution in [0.4, 0.5) is 5.69 Å². The molecule has 0 aliphatic carbocycles. The molecular formula is C16H12Cl2N2O2. The Hall–Kier alpha value is -1.88. The summed E-state index contributed by atoms with van der Waals surface area (Å²) >= 11 is 12.1. The van der Waals surface area contributed by atoms with Gasteiger partial charge in [-0.2, -0.15) is 0 Å². The van der Waals surface area contributed by atoms with E-state index in [1.165, 1.54) is 4.90 Å². The van der Waals surface area contributed by atoms with Crippen molar-refractivity contribution in [2.24, 2.45) is 0 Å². The maximum absolute atomic E-state index is 12.8. The van der Waals surface area contributed by atoms with Crippen molar-refractivity contribution in [1.29, 1.82) is 0 Å². The Balaban J connectivity index is 2.10. The van der Waals surface area contributed by atoms with Gasteiger partial charge in [0.15, 0.2) is 5.78 Å². The highest BCUT2D eigenvalue weighted by molar-refractivity contribution is 6.36. The molecule has 0 radical (unpaired) electrons. The highest BCUT2D eigenvalue weighted by Gasteiger charge is 2.26.